The van der Waals surface area contributed by atoms with Crippen LogP contribution in [0, 0.1) is 0 Å². The van der Waals surface area contributed by atoms with Gasteiger partial charge in [-0.25, -0.2) is 9.78 Å². The Morgan fingerprint density at radius 2 is 1.97 bits per heavy atom. The fraction of sp³-hybridized carbons (Fsp3) is 0.130. The summed E-state index contributed by atoms with van der Waals surface area (Å²) in [4.78, 5) is 21.7. The van der Waals surface area contributed by atoms with E-state index in [0.29, 0.717) is 35.6 Å². The van der Waals surface area contributed by atoms with Gasteiger partial charge < -0.3 is 20.5 Å². The van der Waals surface area contributed by atoms with Gasteiger partial charge in [-0.3, -0.25) is 0 Å². The van der Waals surface area contributed by atoms with E-state index < -0.39 is 6.50 Å². The molecule has 0 bridgehead atoms. The minimum atomic E-state index is -1.75. The number of nitrogens with one attached hydrogen (secondary N) is 3. The summed E-state index contributed by atoms with van der Waals surface area (Å²) in [6, 6.07) is 16.3. The van der Waals surface area contributed by atoms with Gasteiger partial charge in [-0.2, -0.15) is 0 Å². The van der Waals surface area contributed by atoms with E-state index in [-0.39, 0.29) is 6.03 Å². The predicted octanol–water partition coefficient (Wildman–Crippen LogP) is 5.53. The maximum Gasteiger partial charge on any atom is 0.323 e. The minimum Gasteiger partial charge on any atom is -0.367 e. The predicted molar refractivity (Wildman–Crippen MR) is 124 cm³/mol. The number of aromatic amines is 1. The first-order chi connectivity index (χ1) is 15.4. The minimum absolute atomic E-state index is 0.352. The van der Waals surface area contributed by atoms with Crippen LogP contribution >= 0.6 is 15.9 Å². The van der Waals surface area contributed by atoms with Crippen molar-refractivity contribution in [2.45, 2.75) is 12.9 Å². The molecule has 0 atom stereocenters. The summed E-state index contributed by atoms with van der Waals surface area (Å²) in [6.45, 7) is -1.25. The van der Waals surface area contributed by atoms with Gasteiger partial charge in [0.1, 0.15) is 5.65 Å². The number of nitrogens with zero attached hydrogens (tertiary/aromatic N) is 2. The fourth-order valence-corrected chi connectivity index (χ4v) is 4.08. The zero-order chi connectivity index (χ0) is 22.3. The van der Waals surface area contributed by atoms with Crippen LogP contribution in [0.2, 0.25) is 0 Å². The van der Waals surface area contributed by atoms with E-state index in [9.17, 15) is 4.79 Å². The molecule has 0 saturated heterocycles. The van der Waals surface area contributed by atoms with Crippen LogP contribution < -0.4 is 15.5 Å². The SMILES string of the molecule is [2H]C([2H])(c1c[nH]c2ncccc12)N1CCc2c(NC(=O)Nc3ccccc3Br)cccc21. The number of urea groups is 1. The van der Waals surface area contributed by atoms with E-state index in [1.54, 1.807) is 23.4 Å². The molecule has 5 rings (SSSR count). The Hall–Kier alpha value is -3.32. The van der Waals surface area contributed by atoms with E-state index in [1.165, 1.54) is 0 Å². The molecule has 0 saturated carbocycles. The van der Waals surface area contributed by atoms with Crippen LogP contribution in [0.25, 0.3) is 11.0 Å². The normalized spacial score (nSPS) is 14.2. The Bertz CT molecular complexity index is 1320. The lowest BCUT2D eigenvalue weighted by Gasteiger charge is -2.19. The molecule has 4 aromatic rings. The van der Waals surface area contributed by atoms with Gasteiger partial charge >= 0.3 is 6.03 Å². The average Bonchev–Trinajstić information content (AvgIpc) is 3.41. The Kier molecular flexibility index (Phi) is 4.30. The van der Waals surface area contributed by atoms with Crippen LogP contribution in [-0.2, 0) is 12.9 Å². The number of rotatable bonds is 4. The number of pyridine rings is 1. The largest absolute Gasteiger partial charge is 0.367 e. The third-order valence-corrected chi connectivity index (χ3v) is 5.80. The van der Waals surface area contributed by atoms with Crippen molar-refractivity contribution < 1.29 is 7.54 Å². The quantitative estimate of drug-likeness (QED) is 0.372. The number of H-pyrrole nitrogens is 1. The Labute approximate surface area is 185 Å². The van der Waals surface area contributed by atoms with Crippen molar-refractivity contribution in [2.75, 3.05) is 22.1 Å². The van der Waals surface area contributed by atoms with E-state index in [2.05, 4.69) is 36.5 Å². The summed E-state index contributed by atoms with van der Waals surface area (Å²) in [5, 5.41) is 6.51. The van der Waals surface area contributed by atoms with Crippen LogP contribution in [0.3, 0.4) is 0 Å². The molecule has 0 aliphatic carbocycles. The first-order valence-corrected chi connectivity index (χ1v) is 10.4. The molecule has 30 heavy (non-hydrogen) atoms. The molecule has 2 amide bonds. The summed E-state index contributed by atoms with van der Waals surface area (Å²) < 4.78 is 18.6. The van der Waals surface area contributed by atoms with E-state index in [1.807, 2.05) is 48.5 Å². The third kappa shape index (κ3) is 3.52. The second-order valence-electron chi connectivity index (χ2n) is 6.98. The van der Waals surface area contributed by atoms with Gasteiger partial charge in [0.25, 0.3) is 0 Å². The van der Waals surface area contributed by atoms with Gasteiger partial charge in [0, 0.05) is 52.2 Å². The number of carbonyl (C=O) groups excluding carboxylic acids is 1. The Morgan fingerprint density at radius 1 is 1.13 bits per heavy atom. The number of para-hydroxylation sites is 1. The van der Waals surface area contributed by atoms with Crippen LogP contribution in [0.5, 0.6) is 0 Å². The van der Waals surface area contributed by atoms with Crippen LogP contribution in [0.15, 0.2) is 71.5 Å². The van der Waals surface area contributed by atoms with Crippen molar-refractivity contribution in [3.63, 3.8) is 0 Å². The first-order valence-electron chi connectivity index (χ1n) is 10.6. The summed E-state index contributed by atoms with van der Waals surface area (Å²) in [6.07, 6.45) is 3.99. The van der Waals surface area contributed by atoms with Crippen molar-refractivity contribution in [3.05, 3.63) is 82.6 Å². The lowest BCUT2D eigenvalue weighted by molar-refractivity contribution is 0.262. The molecule has 2 aromatic heterocycles. The number of hydrogen-bond donors (Lipinski definition) is 3. The Morgan fingerprint density at radius 3 is 2.87 bits per heavy atom. The number of benzene rings is 2. The lowest BCUT2D eigenvalue weighted by Crippen LogP contribution is -2.20. The topological polar surface area (TPSA) is 73.0 Å². The second kappa shape index (κ2) is 7.84. The van der Waals surface area contributed by atoms with Gasteiger partial charge in [0.15, 0.2) is 0 Å². The molecule has 0 unspecified atom stereocenters. The van der Waals surface area contributed by atoms with Crippen molar-refractivity contribution >= 4 is 50.1 Å². The Balaban J connectivity index is 1.42. The molecule has 0 spiro atoms. The molecule has 3 heterocycles. The van der Waals surface area contributed by atoms with Crippen molar-refractivity contribution in [1.29, 1.82) is 0 Å². The number of aromatic nitrogens is 2. The molecular weight excluding hydrogens is 442 g/mol. The summed E-state index contributed by atoms with van der Waals surface area (Å²) in [7, 11) is 0. The van der Waals surface area contributed by atoms with Gasteiger partial charge in [-0.05, 0) is 64.3 Å². The average molecular weight is 464 g/mol. The molecule has 2 aromatic carbocycles. The number of amides is 2. The molecule has 6 nitrogen and oxygen atoms in total. The maximum absolute atomic E-state index is 12.6. The molecule has 7 heteroatoms. The highest BCUT2D eigenvalue weighted by Gasteiger charge is 2.23. The lowest BCUT2D eigenvalue weighted by atomic mass is 10.1. The number of hydrogen-bond acceptors (Lipinski definition) is 3. The molecule has 3 N–H and O–H groups in total. The van der Waals surface area contributed by atoms with Crippen molar-refractivity contribution in [2.24, 2.45) is 0 Å². The summed E-state index contributed by atoms with van der Waals surface area (Å²) >= 11 is 3.43. The van der Waals surface area contributed by atoms with Gasteiger partial charge in [-0.1, -0.05) is 18.2 Å². The van der Waals surface area contributed by atoms with Gasteiger partial charge in [-0.15, -0.1) is 0 Å². The van der Waals surface area contributed by atoms with E-state index in [0.717, 1.165) is 21.1 Å². The third-order valence-electron chi connectivity index (χ3n) is 5.10. The summed E-state index contributed by atoms with van der Waals surface area (Å²) in [5.74, 6) is 0. The standard InChI is InChI=1S/C23H20BrN5O/c24-18-6-1-2-7-20(18)28-23(30)27-19-8-3-9-21-17(19)10-12-29(21)14-15-13-26-22-16(15)5-4-11-25-22/h1-9,11,13H,10,12,14H2,(H,25,26)(H2,27,28,30)/i14D2. The molecule has 1 aliphatic heterocycles. The zero-order valence-electron chi connectivity index (χ0n) is 17.9. The molecule has 150 valence electrons. The van der Waals surface area contributed by atoms with Crippen molar-refractivity contribution in [1.82, 2.24) is 9.97 Å². The van der Waals surface area contributed by atoms with E-state index in [4.69, 9.17) is 2.74 Å². The van der Waals surface area contributed by atoms with Crippen LogP contribution in [0.4, 0.5) is 21.9 Å². The van der Waals surface area contributed by atoms with Crippen LogP contribution in [0.1, 0.15) is 13.9 Å². The molecule has 0 radical (unpaired) electrons. The molecule has 0 fully saturated rings. The highest BCUT2D eigenvalue weighted by molar-refractivity contribution is 9.10. The van der Waals surface area contributed by atoms with E-state index >= 15 is 0 Å². The van der Waals surface area contributed by atoms with Gasteiger partial charge in [0.05, 0.1) is 8.43 Å². The number of anilines is 3. The highest BCUT2D eigenvalue weighted by Crippen LogP contribution is 2.35. The van der Waals surface area contributed by atoms with Crippen molar-refractivity contribution in [3.8, 4) is 0 Å². The first kappa shape index (κ1) is 16.5. The number of fused-ring (bicyclic) bond motifs is 2. The van der Waals surface area contributed by atoms with Gasteiger partial charge in [0.2, 0.25) is 0 Å². The zero-order valence-corrected chi connectivity index (χ0v) is 17.5. The fourth-order valence-electron chi connectivity index (χ4n) is 3.70. The molecule has 1 aliphatic rings. The highest BCUT2D eigenvalue weighted by atomic mass is 79.9. The second-order valence-corrected chi connectivity index (χ2v) is 7.83. The molecular formula is C23H20BrN5O. The maximum atomic E-state index is 12.6. The smallest absolute Gasteiger partial charge is 0.323 e. The van der Waals surface area contributed by atoms with Crippen LogP contribution in [-0.4, -0.2) is 22.5 Å². The monoisotopic (exact) mass is 463 g/mol. The number of carbonyl (C=O) groups is 1. The summed E-state index contributed by atoms with van der Waals surface area (Å²) in [5.41, 5.74) is 4.22. The number of halogens is 1.